The van der Waals surface area contributed by atoms with Crippen LogP contribution in [0.3, 0.4) is 0 Å². The van der Waals surface area contributed by atoms with Crippen LogP contribution in [-0.2, 0) is 0 Å². The minimum absolute atomic E-state index is 0.194. The fourth-order valence-electron chi connectivity index (χ4n) is 2.20. The fourth-order valence-corrected chi connectivity index (χ4v) is 2.20. The molecule has 102 valence electrons. The topological polar surface area (TPSA) is 66.5 Å². The van der Waals surface area contributed by atoms with Crippen LogP contribution in [-0.4, -0.2) is 20.0 Å². The van der Waals surface area contributed by atoms with Crippen molar-refractivity contribution in [2.24, 2.45) is 0 Å². The van der Waals surface area contributed by atoms with E-state index in [1.165, 1.54) is 10.7 Å². The molecular weight excluding hydrogens is 259 g/mol. The van der Waals surface area contributed by atoms with Crippen LogP contribution < -0.4 is 5.56 Å². The molecule has 0 saturated carbocycles. The number of hydrogen-bond acceptors (Lipinski definition) is 2. The van der Waals surface area contributed by atoms with Gasteiger partial charge in [-0.25, -0.2) is 9.07 Å². The summed E-state index contributed by atoms with van der Waals surface area (Å²) in [5.74, 6) is -0.458. The number of halogens is 1. The van der Waals surface area contributed by atoms with E-state index < -0.39 is 5.82 Å². The van der Waals surface area contributed by atoms with E-state index in [4.69, 9.17) is 0 Å². The molecule has 2 aromatic heterocycles. The molecule has 3 rings (SSSR count). The first-order valence-corrected chi connectivity index (χ1v) is 6.17. The van der Waals surface area contributed by atoms with Crippen LogP contribution in [0.2, 0.25) is 0 Å². The molecule has 3 aromatic rings. The van der Waals surface area contributed by atoms with Crippen LogP contribution in [0.5, 0.6) is 0 Å². The third-order valence-electron chi connectivity index (χ3n) is 3.13. The molecule has 0 amide bonds. The third kappa shape index (κ3) is 1.85. The SMILES string of the molecule is Cc1cc(-c2c(C)[nH]n(-c3ccccc3F)c2=O)n[nH]1. The van der Waals surface area contributed by atoms with Crippen molar-refractivity contribution in [3.63, 3.8) is 0 Å². The van der Waals surface area contributed by atoms with E-state index in [1.54, 1.807) is 31.2 Å². The van der Waals surface area contributed by atoms with Gasteiger partial charge >= 0.3 is 0 Å². The van der Waals surface area contributed by atoms with Gasteiger partial charge in [0.25, 0.3) is 5.56 Å². The number of aryl methyl sites for hydroxylation is 2. The number of nitrogens with zero attached hydrogens (tertiary/aromatic N) is 2. The molecule has 0 spiro atoms. The highest BCUT2D eigenvalue weighted by molar-refractivity contribution is 5.61. The second-order valence-corrected chi connectivity index (χ2v) is 4.64. The lowest BCUT2D eigenvalue weighted by molar-refractivity contribution is 0.608. The summed E-state index contributed by atoms with van der Waals surface area (Å²) < 4.78 is 15.0. The second kappa shape index (κ2) is 4.48. The summed E-state index contributed by atoms with van der Waals surface area (Å²) >= 11 is 0. The third-order valence-corrected chi connectivity index (χ3v) is 3.13. The molecule has 2 heterocycles. The molecule has 5 nitrogen and oxygen atoms in total. The molecule has 0 fully saturated rings. The summed E-state index contributed by atoms with van der Waals surface area (Å²) in [6, 6.07) is 7.91. The second-order valence-electron chi connectivity index (χ2n) is 4.64. The fraction of sp³-hybridized carbons (Fsp3) is 0.143. The summed E-state index contributed by atoms with van der Waals surface area (Å²) in [5, 5.41) is 9.77. The average molecular weight is 272 g/mol. The van der Waals surface area contributed by atoms with E-state index >= 15 is 0 Å². The lowest BCUT2D eigenvalue weighted by Gasteiger charge is -2.01. The molecule has 0 aliphatic carbocycles. The summed E-state index contributed by atoms with van der Waals surface area (Å²) in [6.07, 6.45) is 0. The summed E-state index contributed by atoms with van der Waals surface area (Å²) in [4.78, 5) is 12.5. The molecule has 0 unspecified atom stereocenters. The minimum Gasteiger partial charge on any atom is -0.295 e. The largest absolute Gasteiger partial charge is 0.295 e. The van der Waals surface area contributed by atoms with Gasteiger partial charge < -0.3 is 0 Å². The van der Waals surface area contributed by atoms with Crippen molar-refractivity contribution < 1.29 is 4.39 Å². The maximum absolute atomic E-state index is 13.8. The molecular formula is C14H13FN4O. The van der Waals surface area contributed by atoms with E-state index in [0.29, 0.717) is 17.0 Å². The Bertz CT molecular complexity index is 828. The van der Waals surface area contributed by atoms with E-state index in [0.717, 1.165) is 5.69 Å². The standard InChI is InChI=1S/C14H13FN4O/c1-8-7-11(17-16-8)13-9(2)18-19(14(13)20)12-6-4-3-5-10(12)15/h3-7,18H,1-2H3,(H,16,17). The molecule has 6 heteroatoms. The van der Waals surface area contributed by atoms with Crippen LogP contribution in [0.15, 0.2) is 35.1 Å². The van der Waals surface area contributed by atoms with Gasteiger partial charge in [0, 0.05) is 11.4 Å². The van der Waals surface area contributed by atoms with E-state index in [9.17, 15) is 9.18 Å². The Balaban J connectivity index is 2.22. The van der Waals surface area contributed by atoms with Crippen LogP contribution >= 0.6 is 0 Å². The van der Waals surface area contributed by atoms with Gasteiger partial charge in [-0.2, -0.15) is 5.10 Å². The van der Waals surface area contributed by atoms with Crippen molar-refractivity contribution in [2.75, 3.05) is 0 Å². The first-order valence-electron chi connectivity index (χ1n) is 6.17. The first kappa shape index (κ1) is 12.4. The van der Waals surface area contributed by atoms with Gasteiger partial charge in [0.1, 0.15) is 11.5 Å². The van der Waals surface area contributed by atoms with Crippen LogP contribution in [0, 0.1) is 19.7 Å². The zero-order chi connectivity index (χ0) is 14.3. The first-order chi connectivity index (χ1) is 9.58. The zero-order valence-corrected chi connectivity index (χ0v) is 11.1. The number of nitrogens with one attached hydrogen (secondary N) is 2. The monoisotopic (exact) mass is 272 g/mol. The number of aromatic nitrogens is 4. The Morgan fingerprint density at radius 1 is 1.25 bits per heavy atom. The Morgan fingerprint density at radius 2 is 2.00 bits per heavy atom. The molecule has 0 radical (unpaired) electrons. The van der Waals surface area contributed by atoms with Crippen molar-refractivity contribution in [1.82, 2.24) is 20.0 Å². The Morgan fingerprint density at radius 3 is 2.65 bits per heavy atom. The van der Waals surface area contributed by atoms with Gasteiger partial charge in [0.05, 0.1) is 11.3 Å². The number of para-hydroxylation sites is 1. The van der Waals surface area contributed by atoms with Crippen LogP contribution in [0.1, 0.15) is 11.4 Å². The van der Waals surface area contributed by atoms with Crippen molar-refractivity contribution in [3.8, 4) is 16.9 Å². The molecule has 0 atom stereocenters. The van der Waals surface area contributed by atoms with Crippen molar-refractivity contribution in [2.45, 2.75) is 13.8 Å². The van der Waals surface area contributed by atoms with Crippen molar-refractivity contribution >= 4 is 0 Å². The highest BCUT2D eigenvalue weighted by Gasteiger charge is 2.17. The molecule has 0 aliphatic heterocycles. The van der Waals surface area contributed by atoms with E-state index in [1.807, 2.05) is 6.92 Å². The van der Waals surface area contributed by atoms with Gasteiger partial charge in [0.2, 0.25) is 0 Å². The summed E-state index contributed by atoms with van der Waals surface area (Å²) in [7, 11) is 0. The average Bonchev–Trinajstić information content (AvgIpc) is 2.94. The Hall–Kier alpha value is -2.63. The smallest absolute Gasteiger partial charge is 0.281 e. The van der Waals surface area contributed by atoms with Gasteiger partial charge in [0.15, 0.2) is 0 Å². The molecule has 2 N–H and O–H groups in total. The maximum atomic E-state index is 13.8. The Labute approximate surface area is 114 Å². The molecule has 0 saturated heterocycles. The number of benzene rings is 1. The molecule has 0 aliphatic rings. The van der Waals surface area contributed by atoms with Crippen LogP contribution in [0.4, 0.5) is 4.39 Å². The van der Waals surface area contributed by atoms with Gasteiger partial charge in [-0.15, -0.1) is 0 Å². The number of aromatic amines is 2. The van der Waals surface area contributed by atoms with E-state index in [-0.39, 0.29) is 11.2 Å². The number of H-pyrrole nitrogens is 2. The minimum atomic E-state index is -0.458. The Kier molecular flexibility index (Phi) is 2.78. The number of rotatable bonds is 2. The molecule has 20 heavy (non-hydrogen) atoms. The van der Waals surface area contributed by atoms with Gasteiger partial charge in [-0.3, -0.25) is 15.0 Å². The zero-order valence-electron chi connectivity index (χ0n) is 11.1. The van der Waals surface area contributed by atoms with Crippen molar-refractivity contribution in [3.05, 3.63) is 57.9 Å². The lowest BCUT2D eigenvalue weighted by atomic mass is 10.2. The predicted molar refractivity (Wildman–Crippen MR) is 73.4 cm³/mol. The van der Waals surface area contributed by atoms with Gasteiger partial charge in [-0.1, -0.05) is 12.1 Å². The normalized spacial score (nSPS) is 10.9. The van der Waals surface area contributed by atoms with Crippen molar-refractivity contribution in [1.29, 1.82) is 0 Å². The quantitative estimate of drug-likeness (QED) is 0.751. The predicted octanol–water partition coefficient (Wildman–Crippen LogP) is 2.31. The number of hydrogen-bond donors (Lipinski definition) is 2. The molecule has 1 aromatic carbocycles. The highest BCUT2D eigenvalue weighted by atomic mass is 19.1. The molecule has 0 bridgehead atoms. The van der Waals surface area contributed by atoms with Crippen LogP contribution in [0.25, 0.3) is 16.9 Å². The summed E-state index contributed by atoms with van der Waals surface area (Å²) in [5.41, 5.74) is 2.37. The van der Waals surface area contributed by atoms with E-state index in [2.05, 4.69) is 15.3 Å². The maximum Gasteiger partial charge on any atom is 0.281 e. The highest BCUT2D eigenvalue weighted by Crippen LogP contribution is 2.19. The van der Waals surface area contributed by atoms with Gasteiger partial charge in [-0.05, 0) is 32.0 Å². The summed E-state index contributed by atoms with van der Waals surface area (Å²) in [6.45, 7) is 3.62. The lowest BCUT2D eigenvalue weighted by Crippen LogP contribution is -2.16.